The van der Waals surface area contributed by atoms with E-state index in [0.717, 1.165) is 19.4 Å². The first-order valence-electron chi connectivity index (χ1n) is 8.65. The summed E-state index contributed by atoms with van der Waals surface area (Å²) in [7, 11) is 1.54. The quantitative estimate of drug-likeness (QED) is 0.820. The lowest BCUT2D eigenvalue weighted by molar-refractivity contribution is -0.143. The Balaban J connectivity index is 1.46. The maximum atomic E-state index is 13.3. The van der Waals surface area contributed by atoms with Gasteiger partial charge in [-0.2, -0.15) is 0 Å². The Morgan fingerprint density at radius 3 is 3.00 bits per heavy atom. The molecule has 0 radical (unpaired) electrons. The van der Waals surface area contributed by atoms with E-state index in [1.165, 1.54) is 24.1 Å². The maximum absolute atomic E-state index is 13.3. The number of amides is 2. The van der Waals surface area contributed by atoms with Crippen molar-refractivity contribution in [1.82, 2.24) is 10.2 Å². The van der Waals surface area contributed by atoms with Crippen molar-refractivity contribution in [1.29, 1.82) is 0 Å². The van der Waals surface area contributed by atoms with E-state index in [2.05, 4.69) is 10.5 Å². The molecule has 1 saturated heterocycles. The fourth-order valence-electron chi connectivity index (χ4n) is 2.98. The molecule has 1 N–H and O–H groups in total. The van der Waals surface area contributed by atoms with Gasteiger partial charge in [-0.25, -0.2) is 4.39 Å². The second kappa shape index (κ2) is 8.27. The summed E-state index contributed by atoms with van der Waals surface area (Å²) >= 11 is 0. The van der Waals surface area contributed by atoms with Gasteiger partial charge in [0.1, 0.15) is 5.82 Å². The summed E-state index contributed by atoms with van der Waals surface area (Å²) in [6.07, 6.45) is 1.44. The summed E-state index contributed by atoms with van der Waals surface area (Å²) in [6, 6.07) is 5.97. The van der Waals surface area contributed by atoms with E-state index in [-0.39, 0.29) is 36.7 Å². The number of benzene rings is 1. The molecule has 0 spiro atoms. The van der Waals surface area contributed by atoms with Crippen molar-refractivity contribution in [3.05, 3.63) is 35.6 Å². The highest BCUT2D eigenvalue weighted by Gasteiger charge is 2.32. The third-order valence-electron chi connectivity index (χ3n) is 4.41. The number of ether oxygens (including phenoxy) is 1. The summed E-state index contributed by atoms with van der Waals surface area (Å²) < 4.78 is 18.8. The second-order valence-corrected chi connectivity index (χ2v) is 6.48. The maximum Gasteiger partial charge on any atom is 0.267 e. The zero-order valence-electron chi connectivity index (χ0n) is 14.6. The topological polar surface area (TPSA) is 80.2 Å². The van der Waals surface area contributed by atoms with Gasteiger partial charge in [0.25, 0.3) is 5.91 Å². The average Bonchev–Trinajstić information content (AvgIpc) is 3.31. The molecule has 0 aliphatic carbocycles. The van der Waals surface area contributed by atoms with E-state index in [1.807, 2.05) is 0 Å². The van der Waals surface area contributed by atoms with Crippen LogP contribution in [0.3, 0.4) is 0 Å². The first kappa shape index (κ1) is 18.3. The molecular weight excluding hydrogens is 341 g/mol. The molecule has 3 rings (SSSR count). The van der Waals surface area contributed by atoms with E-state index in [4.69, 9.17) is 9.57 Å². The molecule has 8 heteroatoms. The Morgan fingerprint density at radius 1 is 1.42 bits per heavy atom. The SMILES string of the molecule is CN(CC(=O)NCC1CCCO1)C(=O)C1CC(c2cccc(F)c2)=NO1. The van der Waals surface area contributed by atoms with Crippen LogP contribution in [0.4, 0.5) is 4.39 Å². The van der Waals surface area contributed by atoms with Gasteiger partial charge in [0.2, 0.25) is 12.0 Å². The summed E-state index contributed by atoms with van der Waals surface area (Å²) in [6.45, 7) is 1.11. The lowest BCUT2D eigenvalue weighted by atomic mass is 10.0. The molecular formula is C18H22FN3O4. The number of nitrogens with one attached hydrogen (secondary N) is 1. The molecule has 7 nitrogen and oxygen atoms in total. The van der Waals surface area contributed by atoms with Crippen LogP contribution >= 0.6 is 0 Å². The molecule has 1 aromatic rings. The van der Waals surface area contributed by atoms with E-state index < -0.39 is 6.10 Å². The number of carbonyl (C=O) groups excluding carboxylic acids is 2. The molecule has 0 aromatic heterocycles. The fraction of sp³-hybridized carbons (Fsp3) is 0.500. The van der Waals surface area contributed by atoms with Crippen molar-refractivity contribution >= 4 is 17.5 Å². The van der Waals surface area contributed by atoms with Crippen molar-refractivity contribution in [3.63, 3.8) is 0 Å². The van der Waals surface area contributed by atoms with Gasteiger partial charge in [-0.3, -0.25) is 9.59 Å². The zero-order valence-corrected chi connectivity index (χ0v) is 14.6. The molecule has 2 aliphatic heterocycles. The lowest BCUT2D eigenvalue weighted by Crippen LogP contribution is -2.44. The Morgan fingerprint density at radius 2 is 2.27 bits per heavy atom. The van der Waals surface area contributed by atoms with Crippen LogP contribution in [0, 0.1) is 5.82 Å². The fourth-order valence-corrected chi connectivity index (χ4v) is 2.98. The Kier molecular flexibility index (Phi) is 5.82. The Hall–Kier alpha value is -2.48. The van der Waals surface area contributed by atoms with Crippen molar-refractivity contribution in [2.24, 2.45) is 5.16 Å². The average molecular weight is 363 g/mol. The molecule has 2 aliphatic rings. The van der Waals surface area contributed by atoms with Gasteiger partial charge in [-0.05, 0) is 25.0 Å². The van der Waals surface area contributed by atoms with Crippen molar-refractivity contribution in [2.75, 3.05) is 26.7 Å². The highest BCUT2D eigenvalue weighted by Crippen LogP contribution is 2.19. The van der Waals surface area contributed by atoms with Crippen molar-refractivity contribution in [3.8, 4) is 0 Å². The van der Waals surface area contributed by atoms with Crippen LogP contribution in [0.25, 0.3) is 0 Å². The second-order valence-electron chi connectivity index (χ2n) is 6.48. The van der Waals surface area contributed by atoms with Gasteiger partial charge >= 0.3 is 0 Å². The molecule has 2 amide bonds. The molecule has 2 heterocycles. The van der Waals surface area contributed by atoms with Gasteiger partial charge in [-0.15, -0.1) is 0 Å². The minimum atomic E-state index is -0.802. The smallest absolute Gasteiger partial charge is 0.267 e. The largest absolute Gasteiger partial charge is 0.382 e. The van der Waals surface area contributed by atoms with Crippen LogP contribution < -0.4 is 5.32 Å². The lowest BCUT2D eigenvalue weighted by Gasteiger charge is -2.20. The number of rotatable bonds is 6. The van der Waals surface area contributed by atoms with E-state index in [0.29, 0.717) is 17.8 Å². The standard InChI is InChI=1S/C18H22FN3O4/c1-22(11-17(23)20-10-14-6-3-7-25-14)18(24)16-9-15(21-26-16)12-4-2-5-13(19)8-12/h2,4-5,8,14,16H,3,6-7,9-11H2,1H3,(H,20,23). The summed E-state index contributed by atoms with van der Waals surface area (Å²) in [4.78, 5) is 30.9. The van der Waals surface area contributed by atoms with E-state index in [1.54, 1.807) is 12.1 Å². The first-order chi connectivity index (χ1) is 12.5. The number of hydrogen-bond acceptors (Lipinski definition) is 5. The predicted octanol–water partition coefficient (Wildman–Crippen LogP) is 1.07. The normalized spacial score (nSPS) is 21.8. The van der Waals surface area contributed by atoms with Gasteiger partial charge in [0, 0.05) is 32.2 Å². The number of carbonyl (C=O) groups is 2. The molecule has 26 heavy (non-hydrogen) atoms. The van der Waals surface area contributed by atoms with Crippen LogP contribution in [0.2, 0.25) is 0 Å². The number of hydrogen-bond donors (Lipinski definition) is 1. The van der Waals surface area contributed by atoms with E-state index >= 15 is 0 Å². The van der Waals surface area contributed by atoms with Crippen molar-refractivity contribution < 1.29 is 23.6 Å². The molecule has 2 unspecified atom stereocenters. The number of likely N-dealkylation sites (N-methyl/N-ethyl adjacent to an activating group) is 1. The third-order valence-corrected chi connectivity index (χ3v) is 4.41. The number of nitrogens with zero attached hydrogens (tertiary/aromatic N) is 2. The molecule has 2 atom stereocenters. The van der Waals surface area contributed by atoms with Crippen LogP contribution in [-0.2, 0) is 19.2 Å². The molecule has 0 bridgehead atoms. The van der Waals surface area contributed by atoms with Gasteiger partial charge in [0.05, 0.1) is 18.4 Å². The third kappa shape index (κ3) is 4.57. The van der Waals surface area contributed by atoms with Gasteiger partial charge in [0.15, 0.2) is 0 Å². The van der Waals surface area contributed by atoms with Crippen molar-refractivity contribution in [2.45, 2.75) is 31.5 Å². The highest BCUT2D eigenvalue weighted by atomic mass is 19.1. The van der Waals surface area contributed by atoms with Gasteiger partial charge < -0.3 is 19.8 Å². The zero-order chi connectivity index (χ0) is 18.5. The first-order valence-corrected chi connectivity index (χ1v) is 8.65. The minimum absolute atomic E-state index is 0.0559. The summed E-state index contributed by atoms with van der Waals surface area (Å²) in [5.74, 6) is -0.965. The predicted molar refractivity (Wildman–Crippen MR) is 92.0 cm³/mol. The molecule has 1 fully saturated rings. The van der Waals surface area contributed by atoms with Crippen LogP contribution in [0.1, 0.15) is 24.8 Å². The number of oxime groups is 1. The molecule has 0 saturated carbocycles. The summed E-state index contributed by atoms with van der Waals surface area (Å²) in [5.41, 5.74) is 1.09. The van der Waals surface area contributed by atoms with Crippen LogP contribution in [-0.4, -0.2) is 61.4 Å². The molecule has 1 aromatic carbocycles. The monoisotopic (exact) mass is 363 g/mol. The molecule has 140 valence electrons. The summed E-state index contributed by atoms with van der Waals surface area (Å²) in [5, 5.41) is 6.66. The van der Waals surface area contributed by atoms with E-state index in [9.17, 15) is 14.0 Å². The van der Waals surface area contributed by atoms with Gasteiger partial charge in [-0.1, -0.05) is 17.3 Å². The van der Waals surface area contributed by atoms with Crippen LogP contribution in [0.15, 0.2) is 29.4 Å². The minimum Gasteiger partial charge on any atom is -0.382 e. The number of halogens is 1. The Labute approximate surface area is 151 Å². The van der Waals surface area contributed by atoms with Crippen LogP contribution in [0.5, 0.6) is 0 Å². The Bertz CT molecular complexity index is 703. The highest BCUT2D eigenvalue weighted by molar-refractivity contribution is 6.04.